The molecule has 1 heterocycles. The summed E-state index contributed by atoms with van der Waals surface area (Å²) in [6, 6.07) is 4.79. The Hall–Kier alpha value is -3.29. The van der Waals surface area contributed by atoms with Crippen LogP contribution in [-0.2, 0) is 6.42 Å². The summed E-state index contributed by atoms with van der Waals surface area (Å²) in [6.07, 6.45) is 2.84. The van der Waals surface area contributed by atoms with Gasteiger partial charge >= 0.3 is 0 Å². The quantitative estimate of drug-likeness (QED) is 0.647. The first-order chi connectivity index (χ1) is 14.0. The number of carbonyl (C=O) groups is 3. The fourth-order valence-electron chi connectivity index (χ4n) is 3.39. The van der Waals surface area contributed by atoms with Gasteiger partial charge in [-0.1, -0.05) is 6.92 Å². The number of ether oxygens (including phenoxy) is 2. The molecule has 1 aromatic carbocycles. The van der Waals surface area contributed by atoms with Crippen LogP contribution in [0, 0.1) is 6.92 Å². The predicted molar refractivity (Wildman–Crippen MR) is 107 cm³/mol. The summed E-state index contributed by atoms with van der Waals surface area (Å²) >= 11 is 0. The van der Waals surface area contributed by atoms with Crippen LogP contribution in [0.25, 0.3) is 0 Å². The molecule has 0 spiro atoms. The molecular formula is C21H25N3O5. The summed E-state index contributed by atoms with van der Waals surface area (Å²) in [5, 5.41) is 0. The fourth-order valence-corrected chi connectivity index (χ4v) is 3.39. The standard InChI is InChI=1S/C21H25N3O5/c1-4-10-29-16-9-8-13(11-17(16)28-3)20(26)23-24-21(27)19-12(2)18-14(22-19)6-5-7-15(18)25/h8-9,11,22H,4-7,10H2,1-3H3,(H,23,26)(H,24,27). The molecule has 1 aliphatic carbocycles. The lowest BCUT2D eigenvalue weighted by atomic mass is 9.94. The van der Waals surface area contributed by atoms with E-state index in [9.17, 15) is 14.4 Å². The van der Waals surface area contributed by atoms with E-state index in [0.29, 0.717) is 41.2 Å². The van der Waals surface area contributed by atoms with Gasteiger partial charge in [0.15, 0.2) is 17.3 Å². The number of carbonyl (C=O) groups excluding carboxylic acids is 3. The second-order valence-electron chi connectivity index (χ2n) is 6.88. The van der Waals surface area contributed by atoms with Crippen molar-refractivity contribution < 1.29 is 23.9 Å². The topological polar surface area (TPSA) is 110 Å². The van der Waals surface area contributed by atoms with Crippen molar-refractivity contribution in [3.63, 3.8) is 0 Å². The maximum absolute atomic E-state index is 12.5. The summed E-state index contributed by atoms with van der Waals surface area (Å²) < 4.78 is 10.8. The van der Waals surface area contributed by atoms with E-state index in [2.05, 4.69) is 15.8 Å². The van der Waals surface area contributed by atoms with Crippen LogP contribution in [-0.4, -0.2) is 36.3 Å². The van der Waals surface area contributed by atoms with Crippen LogP contribution in [0.2, 0.25) is 0 Å². The van der Waals surface area contributed by atoms with E-state index < -0.39 is 11.8 Å². The number of methoxy groups -OCH3 is 1. The number of hydrogen-bond acceptors (Lipinski definition) is 5. The highest BCUT2D eigenvalue weighted by molar-refractivity contribution is 6.05. The third-order valence-electron chi connectivity index (χ3n) is 4.84. The number of nitrogens with one attached hydrogen (secondary N) is 3. The number of ketones is 1. The van der Waals surface area contributed by atoms with Gasteiger partial charge in [-0.25, -0.2) is 0 Å². The van der Waals surface area contributed by atoms with Crippen molar-refractivity contribution in [3.05, 3.63) is 46.3 Å². The SMILES string of the molecule is CCCOc1ccc(C(=O)NNC(=O)c2[nH]c3c(c2C)C(=O)CCC3)cc1OC. The van der Waals surface area contributed by atoms with Crippen LogP contribution in [0.4, 0.5) is 0 Å². The van der Waals surface area contributed by atoms with Gasteiger partial charge in [0.25, 0.3) is 11.8 Å². The highest BCUT2D eigenvalue weighted by Gasteiger charge is 2.26. The van der Waals surface area contributed by atoms with Crippen LogP contribution < -0.4 is 20.3 Å². The minimum Gasteiger partial charge on any atom is -0.493 e. The maximum Gasteiger partial charge on any atom is 0.286 e. The minimum atomic E-state index is -0.507. The molecule has 0 fully saturated rings. The third-order valence-corrected chi connectivity index (χ3v) is 4.84. The van der Waals surface area contributed by atoms with Crippen molar-refractivity contribution in [3.8, 4) is 11.5 Å². The second kappa shape index (κ2) is 8.81. The molecule has 0 radical (unpaired) electrons. The third kappa shape index (κ3) is 4.26. The number of fused-ring (bicyclic) bond motifs is 1. The summed E-state index contributed by atoms with van der Waals surface area (Å²) in [7, 11) is 1.49. The average Bonchev–Trinajstić information content (AvgIpc) is 3.07. The van der Waals surface area contributed by atoms with Gasteiger partial charge in [0, 0.05) is 23.2 Å². The summed E-state index contributed by atoms with van der Waals surface area (Å²) in [5.41, 5.74) is 7.36. The first kappa shape index (κ1) is 20.4. The molecule has 3 rings (SSSR count). The van der Waals surface area contributed by atoms with Crippen LogP contribution in [0.3, 0.4) is 0 Å². The van der Waals surface area contributed by atoms with Crippen molar-refractivity contribution in [2.45, 2.75) is 39.5 Å². The largest absolute Gasteiger partial charge is 0.493 e. The molecule has 2 amide bonds. The van der Waals surface area contributed by atoms with Crippen molar-refractivity contribution in [1.82, 2.24) is 15.8 Å². The molecule has 0 atom stereocenters. The zero-order valence-corrected chi connectivity index (χ0v) is 16.8. The Balaban J connectivity index is 1.68. The number of hydrazine groups is 1. The van der Waals surface area contributed by atoms with E-state index in [1.807, 2.05) is 6.92 Å². The molecule has 3 N–H and O–H groups in total. The van der Waals surface area contributed by atoms with Gasteiger partial charge < -0.3 is 14.5 Å². The van der Waals surface area contributed by atoms with Gasteiger partial charge in [-0.15, -0.1) is 0 Å². The average molecular weight is 399 g/mol. The minimum absolute atomic E-state index is 0.0422. The molecule has 8 heteroatoms. The molecular weight excluding hydrogens is 374 g/mol. The van der Waals surface area contributed by atoms with Crippen molar-refractivity contribution in [2.24, 2.45) is 0 Å². The molecule has 8 nitrogen and oxygen atoms in total. The smallest absolute Gasteiger partial charge is 0.286 e. The van der Waals surface area contributed by atoms with Crippen LogP contribution in [0.15, 0.2) is 18.2 Å². The number of rotatable bonds is 6. The number of H-pyrrole nitrogens is 1. The van der Waals surface area contributed by atoms with Crippen LogP contribution >= 0.6 is 0 Å². The Kier molecular flexibility index (Phi) is 6.21. The van der Waals surface area contributed by atoms with E-state index >= 15 is 0 Å². The van der Waals surface area contributed by atoms with Gasteiger partial charge in [0.2, 0.25) is 0 Å². The normalized spacial score (nSPS) is 12.9. The van der Waals surface area contributed by atoms with Crippen molar-refractivity contribution >= 4 is 17.6 Å². The van der Waals surface area contributed by atoms with Crippen molar-refractivity contribution in [1.29, 1.82) is 0 Å². The number of amides is 2. The Labute approximate surface area is 168 Å². The first-order valence-electron chi connectivity index (χ1n) is 9.62. The van der Waals surface area contributed by atoms with E-state index in [4.69, 9.17) is 9.47 Å². The summed E-state index contributed by atoms with van der Waals surface area (Å²) in [6.45, 7) is 4.27. The monoisotopic (exact) mass is 399 g/mol. The van der Waals surface area contributed by atoms with Crippen molar-refractivity contribution in [2.75, 3.05) is 13.7 Å². The fraction of sp³-hybridized carbons (Fsp3) is 0.381. The predicted octanol–water partition coefficient (Wildman–Crippen LogP) is 2.71. The second-order valence-corrected chi connectivity index (χ2v) is 6.88. The molecule has 1 aromatic heterocycles. The molecule has 0 saturated carbocycles. The highest BCUT2D eigenvalue weighted by atomic mass is 16.5. The zero-order valence-electron chi connectivity index (χ0n) is 16.8. The van der Waals surface area contributed by atoms with Gasteiger partial charge in [-0.2, -0.15) is 0 Å². The molecule has 0 bridgehead atoms. The number of benzene rings is 1. The Morgan fingerprint density at radius 1 is 1.14 bits per heavy atom. The van der Waals surface area contributed by atoms with Crippen LogP contribution in [0.5, 0.6) is 11.5 Å². The lowest BCUT2D eigenvalue weighted by molar-refractivity contribution is 0.0843. The summed E-state index contributed by atoms with van der Waals surface area (Å²) in [5.74, 6) is 0.0215. The van der Waals surface area contributed by atoms with E-state index in [1.165, 1.54) is 7.11 Å². The maximum atomic E-state index is 12.5. The number of aromatic amines is 1. The van der Waals surface area contributed by atoms with Gasteiger partial charge in [0.1, 0.15) is 5.69 Å². The Morgan fingerprint density at radius 2 is 1.90 bits per heavy atom. The number of Topliss-reactive ketones (excluding diaryl/α,β-unsaturated/α-hetero) is 1. The van der Waals surface area contributed by atoms with Gasteiger partial charge in [-0.05, 0) is 49.9 Å². The van der Waals surface area contributed by atoms with Crippen LogP contribution in [0.1, 0.15) is 68.6 Å². The van der Waals surface area contributed by atoms with E-state index in [-0.39, 0.29) is 11.5 Å². The molecule has 29 heavy (non-hydrogen) atoms. The van der Waals surface area contributed by atoms with E-state index in [0.717, 1.165) is 25.0 Å². The molecule has 0 saturated heterocycles. The Morgan fingerprint density at radius 3 is 2.59 bits per heavy atom. The van der Waals surface area contributed by atoms with Gasteiger partial charge in [-0.3, -0.25) is 25.2 Å². The zero-order chi connectivity index (χ0) is 21.0. The molecule has 0 unspecified atom stereocenters. The van der Waals surface area contributed by atoms with E-state index in [1.54, 1.807) is 25.1 Å². The molecule has 154 valence electrons. The number of hydrogen-bond donors (Lipinski definition) is 3. The first-order valence-corrected chi connectivity index (χ1v) is 9.62. The molecule has 0 aliphatic heterocycles. The van der Waals surface area contributed by atoms with Gasteiger partial charge in [0.05, 0.1) is 13.7 Å². The number of aryl methyl sites for hydroxylation is 1. The lowest BCUT2D eigenvalue weighted by Crippen LogP contribution is -2.42. The lowest BCUT2D eigenvalue weighted by Gasteiger charge is -2.12. The summed E-state index contributed by atoms with van der Waals surface area (Å²) in [4.78, 5) is 40.1. The number of aromatic nitrogens is 1. The molecule has 2 aromatic rings. The highest BCUT2D eigenvalue weighted by Crippen LogP contribution is 2.28. The Bertz CT molecular complexity index is 948. The molecule has 1 aliphatic rings.